The van der Waals surface area contributed by atoms with Crippen molar-refractivity contribution in [3.63, 3.8) is 0 Å². The van der Waals surface area contributed by atoms with Crippen LogP contribution >= 0.6 is 0 Å². The van der Waals surface area contributed by atoms with Crippen LogP contribution in [-0.2, 0) is 24.3 Å². The molecule has 0 saturated carbocycles. The number of rotatable bonds is 7. The van der Waals surface area contributed by atoms with E-state index >= 15 is 0 Å². The Morgan fingerprint density at radius 2 is 2.11 bits per heavy atom. The summed E-state index contributed by atoms with van der Waals surface area (Å²) in [6, 6.07) is 5.74. The summed E-state index contributed by atoms with van der Waals surface area (Å²) in [5.41, 5.74) is 8.75. The van der Waals surface area contributed by atoms with Gasteiger partial charge in [-0.05, 0) is 23.1 Å². The lowest BCUT2D eigenvalue weighted by molar-refractivity contribution is 0.0769. The molecule has 0 amide bonds. The zero-order valence-corrected chi connectivity index (χ0v) is 10.6. The average molecular weight is 255 g/mol. The van der Waals surface area contributed by atoms with Crippen LogP contribution < -0.4 is 5.73 Å². The molecule has 0 bridgehead atoms. The molecule has 0 aliphatic carbocycles. The molecule has 0 unspecified atom stereocenters. The Morgan fingerprint density at radius 1 is 1.39 bits per heavy atom. The van der Waals surface area contributed by atoms with E-state index < -0.39 is 12.2 Å². The number of hydrogen-bond acceptors (Lipinski definition) is 2. The maximum atomic E-state index is 12.2. The second kappa shape index (κ2) is 7.11. The number of halogens is 2. The summed E-state index contributed by atoms with van der Waals surface area (Å²) >= 11 is 0. The van der Waals surface area contributed by atoms with Gasteiger partial charge in [-0.1, -0.05) is 38.1 Å². The molecule has 0 aliphatic rings. The summed E-state index contributed by atoms with van der Waals surface area (Å²) in [6.07, 6.45) is -0.694. The number of allylic oxidation sites excluding steroid dienone is 1. The third-order valence-corrected chi connectivity index (χ3v) is 2.68. The van der Waals surface area contributed by atoms with E-state index in [4.69, 9.17) is 10.5 Å². The summed E-state index contributed by atoms with van der Waals surface area (Å²) in [7, 11) is 0. The van der Waals surface area contributed by atoms with Gasteiger partial charge in [-0.3, -0.25) is 0 Å². The van der Waals surface area contributed by atoms with Crippen LogP contribution in [0.1, 0.15) is 30.0 Å². The fraction of sp³-hybridized carbons (Fsp3) is 0.429. The quantitative estimate of drug-likeness (QED) is 0.758. The monoisotopic (exact) mass is 255 g/mol. The van der Waals surface area contributed by atoms with E-state index in [1.807, 2.05) is 18.2 Å². The third-order valence-electron chi connectivity index (χ3n) is 2.68. The molecule has 0 fully saturated rings. The van der Waals surface area contributed by atoms with Crippen LogP contribution in [0, 0.1) is 0 Å². The van der Waals surface area contributed by atoms with Gasteiger partial charge in [0.15, 0.2) is 5.76 Å². The molecule has 0 aliphatic heterocycles. The zero-order chi connectivity index (χ0) is 13.5. The molecule has 0 saturated heterocycles. The van der Waals surface area contributed by atoms with Gasteiger partial charge in [0.05, 0.1) is 0 Å². The maximum Gasteiger partial charge on any atom is 0.294 e. The normalized spacial score (nSPS) is 10.7. The van der Waals surface area contributed by atoms with E-state index in [1.54, 1.807) is 0 Å². The van der Waals surface area contributed by atoms with Gasteiger partial charge in [-0.15, -0.1) is 0 Å². The molecular formula is C14H19F2NO. The summed E-state index contributed by atoms with van der Waals surface area (Å²) in [6.45, 7) is 5.86. The van der Waals surface area contributed by atoms with Gasteiger partial charge in [0.1, 0.15) is 6.61 Å². The smallest absolute Gasteiger partial charge is 0.294 e. The van der Waals surface area contributed by atoms with Crippen molar-refractivity contribution >= 4 is 0 Å². The highest BCUT2D eigenvalue weighted by molar-refractivity contribution is 5.32. The average Bonchev–Trinajstić information content (AvgIpc) is 2.36. The first-order valence-corrected chi connectivity index (χ1v) is 5.99. The molecule has 4 heteroatoms. The van der Waals surface area contributed by atoms with Crippen molar-refractivity contribution in [1.29, 1.82) is 0 Å². The van der Waals surface area contributed by atoms with E-state index in [0.717, 1.165) is 29.5 Å². The molecule has 0 aromatic heterocycles. The second-order valence-electron chi connectivity index (χ2n) is 4.11. The third kappa shape index (κ3) is 4.11. The number of benzene rings is 1. The van der Waals surface area contributed by atoms with E-state index in [1.165, 1.54) is 0 Å². The van der Waals surface area contributed by atoms with Crippen LogP contribution in [0.5, 0.6) is 0 Å². The predicted octanol–water partition coefficient (Wildman–Crippen LogP) is 3.39. The first-order chi connectivity index (χ1) is 8.58. The standard InChI is InChI=1S/C14H19F2NO/c1-3-4-12-7-11(5-6-13(12)8-17)9-18-10(2)14(15)16/h5-7,14H,2-4,8-9,17H2,1H3. The van der Waals surface area contributed by atoms with E-state index in [0.29, 0.717) is 6.54 Å². The minimum absolute atomic E-state index is 0.116. The highest BCUT2D eigenvalue weighted by atomic mass is 19.3. The van der Waals surface area contributed by atoms with Gasteiger partial charge in [0.25, 0.3) is 6.43 Å². The van der Waals surface area contributed by atoms with E-state index in [-0.39, 0.29) is 6.61 Å². The highest BCUT2D eigenvalue weighted by Crippen LogP contribution is 2.16. The molecule has 2 nitrogen and oxygen atoms in total. The van der Waals surface area contributed by atoms with Crippen molar-refractivity contribution in [2.75, 3.05) is 0 Å². The zero-order valence-electron chi connectivity index (χ0n) is 10.6. The molecule has 0 atom stereocenters. The molecule has 1 aromatic carbocycles. The number of ether oxygens (including phenoxy) is 1. The largest absolute Gasteiger partial charge is 0.488 e. The maximum absolute atomic E-state index is 12.2. The van der Waals surface area contributed by atoms with Crippen molar-refractivity contribution in [3.05, 3.63) is 47.2 Å². The topological polar surface area (TPSA) is 35.2 Å². The minimum Gasteiger partial charge on any atom is -0.488 e. The number of alkyl halides is 2. The Labute approximate surface area is 106 Å². The lowest BCUT2D eigenvalue weighted by Crippen LogP contribution is -2.04. The minimum atomic E-state index is -2.64. The van der Waals surface area contributed by atoms with Crippen LogP contribution in [0.2, 0.25) is 0 Å². The Hall–Kier alpha value is -1.42. The predicted molar refractivity (Wildman–Crippen MR) is 68.3 cm³/mol. The van der Waals surface area contributed by atoms with Gasteiger partial charge in [0.2, 0.25) is 0 Å². The first-order valence-electron chi connectivity index (χ1n) is 5.99. The molecule has 18 heavy (non-hydrogen) atoms. The number of hydrogen-bond donors (Lipinski definition) is 1. The Kier molecular flexibility index (Phi) is 5.78. The van der Waals surface area contributed by atoms with Gasteiger partial charge >= 0.3 is 0 Å². The van der Waals surface area contributed by atoms with Gasteiger partial charge < -0.3 is 10.5 Å². The fourth-order valence-electron chi connectivity index (χ4n) is 1.71. The van der Waals surface area contributed by atoms with Gasteiger partial charge in [-0.25, -0.2) is 8.78 Å². The Balaban J connectivity index is 2.72. The number of nitrogens with two attached hydrogens (primary N) is 1. The van der Waals surface area contributed by atoms with Crippen LogP contribution in [-0.4, -0.2) is 6.43 Å². The summed E-state index contributed by atoms with van der Waals surface area (Å²) < 4.78 is 29.3. The molecule has 1 rings (SSSR count). The van der Waals surface area contributed by atoms with E-state index in [9.17, 15) is 8.78 Å². The first kappa shape index (κ1) is 14.6. The fourth-order valence-corrected chi connectivity index (χ4v) is 1.71. The Bertz CT molecular complexity index is 405. The summed E-state index contributed by atoms with van der Waals surface area (Å²) in [4.78, 5) is 0. The van der Waals surface area contributed by atoms with Crippen LogP contribution in [0.4, 0.5) is 8.78 Å². The second-order valence-corrected chi connectivity index (χ2v) is 4.11. The van der Waals surface area contributed by atoms with Crippen molar-refractivity contribution in [3.8, 4) is 0 Å². The van der Waals surface area contributed by atoms with Crippen molar-refractivity contribution < 1.29 is 13.5 Å². The molecule has 0 heterocycles. The van der Waals surface area contributed by atoms with E-state index in [2.05, 4.69) is 13.5 Å². The Morgan fingerprint density at radius 3 is 2.67 bits per heavy atom. The molecule has 2 N–H and O–H groups in total. The molecule has 100 valence electrons. The molecule has 0 spiro atoms. The highest BCUT2D eigenvalue weighted by Gasteiger charge is 2.10. The lowest BCUT2D eigenvalue weighted by atomic mass is 10.0. The summed E-state index contributed by atoms with van der Waals surface area (Å²) in [5, 5.41) is 0. The molecular weight excluding hydrogens is 236 g/mol. The molecule has 1 aromatic rings. The number of aryl methyl sites for hydroxylation is 1. The summed E-state index contributed by atoms with van der Waals surface area (Å²) in [5.74, 6) is -0.491. The van der Waals surface area contributed by atoms with Gasteiger partial charge in [0, 0.05) is 6.54 Å². The SMILES string of the molecule is C=C(OCc1ccc(CN)c(CCC)c1)C(F)F. The lowest BCUT2D eigenvalue weighted by Gasteiger charge is -2.12. The van der Waals surface area contributed by atoms with Crippen LogP contribution in [0.25, 0.3) is 0 Å². The van der Waals surface area contributed by atoms with Gasteiger partial charge in [-0.2, -0.15) is 0 Å². The van der Waals surface area contributed by atoms with Crippen molar-refractivity contribution in [1.82, 2.24) is 0 Å². The van der Waals surface area contributed by atoms with Crippen LogP contribution in [0.15, 0.2) is 30.5 Å². The van der Waals surface area contributed by atoms with Crippen LogP contribution in [0.3, 0.4) is 0 Å². The van der Waals surface area contributed by atoms with Crippen molar-refractivity contribution in [2.45, 2.75) is 39.3 Å². The molecule has 0 radical (unpaired) electrons. The van der Waals surface area contributed by atoms with Crippen molar-refractivity contribution in [2.24, 2.45) is 5.73 Å².